The Hall–Kier alpha value is -0.440. The standard InChI is InChI=1S/C12H21N3.HI/c1-4-8-14-12(13-5-2)15-9-6-7-11(3)10-15;/h1,11H,5-10H2,2-3H3,(H,13,14);1H. The predicted molar refractivity (Wildman–Crippen MR) is 80.2 cm³/mol. The molecule has 1 unspecified atom stereocenters. The molecule has 0 radical (unpaired) electrons. The summed E-state index contributed by atoms with van der Waals surface area (Å²) < 4.78 is 0. The minimum atomic E-state index is 0. The van der Waals surface area contributed by atoms with E-state index in [1.165, 1.54) is 12.8 Å². The Kier molecular flexibility index (Phi) is 8.44. The highest BCUT2D eigenvalue weighted by atomic mass is 127. The Bertz CT molecular complexity index is 257. The Morgan fingerprint density at radius 2 is 2.38 bits per heavy atom. The first-order valence-electron chi connectivity index (χ1n) is 5.74. The molecule has 4 heteroatoms. The van der Waals surface area contributed by atoms with Crippen molar-refractivity contribution >= 4 is 29.9 Å². The van der Waals surface area contributed by atoms with Crippen molar-refractivity contribution in [3.05, 3.63) is 0 Å². The van der Waals surface area contributed by atoms with E-state index in [0.29, 0.717) is 6.54 Å². The van der Waals surface area contributed by atoms with Crippen molar-refractivity contribution in [1.82, 2.24) is 10.2 Å². The number of rotatable bonds is 2. The maximum absolute atomic E-state index is 5.23. The lowest BCUT2D eigenvalue weighted by Gasteiger charge is -2.33. The monoisotopic (exact) mass is 335 g/mol. The molecule has 0 bridgehead atoms. The molecular formula is C12H22IN3. The summed E-state index contributed by atoms with van der Waals surface area (Å²) in [7, 11) is 0. The first kappa shape index (κ1) is 15.6. The molecule has 0 amide bonds. The molecule has 0 aliphatic carbocycles. The third kappa shape index (κ3) is 5.06. The number of guanidine groups is 1. The maximum atomic E-state index is 5.23. The second kappa shape index (κ2) is 8.68. The molecule has 1 aliphatic heterocycles. The molecular weight excluding hydrogens is 313 g/mol. The smallest absolute Gasteiger partial charge is 0.194 e. The van der Waals surface area contributed by atoms with Gasteiger partial charge in [0.15, 0.2) is 5.96 Å². The van der Waals surface area contributed by atoms with Gasteiger partial charge in [-0.1, -0.05) is 12.8 Å². The highest BCUT2D eigenvalue weighted by Crippen LogP contribution is 2.15. The summed E-state index contributed by atoms with van der Waals surface area (Å²) in [5.41, 5.74) is 0. The fourth-order valence-electron chi connectivity index (χ4n) is 1.93. The van der Waals surface area contributed by atoms with Crippen LogP contribution in [0.1, 0.15) is 26.7 Å². The van der Waals surface area contributed by atoms with E-state index in [1.807, 2.05) is 0 Å². The van der Waals surface area contributed by atoms with Crippen molar-refractivity contribution in [1.29, 1.82) is 0 Å². The molecule has 1 rings (SSSR count). The molecule has 1 fully saturated rings. The normalized spacial score (nSPS) is 20.9. The molecule has 1 heterocycles. The predicted octanol–water partition coefficient (Wildman–Crippen LogP) is 1.94. The first-order chi connectivity index (χ1) is 7.27. The van der Waals surface area contributed by atoms with Gasteiger partial charge in [-0.15, -0.1) is 30.4 Å². The zero-order chi connectivity index (χ0) is 11.1. The van der Waals surface area contributed by atoms with Gasteiger partial charge in [0.1, 0.15) is 6.54 Å². The van der Waals surface area contributed by atoms with Gasteiger partial charge in [-0.3, -0.25) is 0 Å². The summed E-state index contributed by atoms with van der Waals surface area (Å²) in [6, 6.07) is 0. The van der Waals surface area contributed by atoms with Crippen LogP contribution < -0.4 is 5.32 Å². The third-order valence-electron chi connectivity index (χ3n) is 2.61. The summed E-state index contributed by atoms with van der Waals surface area (Å²) in [4.78, 5) is 6.70. The summed E-state index contributed by atoms with van der Waals surface area (Å²) in [6.45, 7) is 7.92. The number of piperidine rings is 1. The van der Waals surface area contributed by atoms with Crippen molar-refractivity contribution in [3.8, 4) is 12.3 Å². The van der Waals surface area contributed by atoms with Gasteiger partial charge in [-0.05, 0) is 25.7 Å². The molecule has 0 aromatic carbocycles. The topological polar surface area (TPSA) is 27.6 Å². The lowest BCUT2D eigenvalue weighted by molar-refractivity contribution is 0.266. The van der Waals surface area contributed by atoms with Crippen LogP contribution in [0.5, 0.6) is 0 Å². The van der Waals surface area contributed by atoms with Crippen LogP contribution >= 0.6 is 24.0 Å². The maximum Gasteiger partial charge on any atom is 0.194 e. The number of aliphatic imine (C=N–C) groups is 1. The van der Waals surface area contributed by atoms with Gasteiger partial charge in [0.2, 0.25) is 0 Å². The average molecular weight is 335 g/mol. The number of terminal acetylenes is 1. The SMILES string of the molecule is C#CCN=C(NCC)N1CCCC(C)C1.I. The van der Waals surface area contributed by atoms with Gasteiger partial charge in [0.05, 0.1) is 0 Å². The van der Waals surface area contributed by atoms with Crippen molar-refractivity contribution in [2.45, 2.75) is 26.7 Å². The summed E-state index contributed by atoms with van der Waals surface area (Å²) in [5, 5.41) is 3.29. The average Bonchev–Trinajstić information content (AvgIpc) is 2.24. The molecule has 1 atom stereocenters. The van der Waals surface area contributed by atoms with E-state index >= 15 is 0 Å². The molecule has 1 N–H and O–H groups in total. The van der Waals surface area contributed by atoms with Gasteiger partial charge in [0.25, 0.3) is 0 Å². The molecule has 92 valence electrons. The van der Waals surface area contributed by atoms with E-state index in [4.69, 9.17) is 6.42 Å². The van der Waals surface area contributed by atoms with Gasteiger partial charge < -0.3 is 10.2 Å². The van der Waals surface area contributed by atoms with Gasteiger partial charge >= 0.3 is 0 Å². The minimum absolute atomic E-state index is 0. The van der Waals surface area contributed by atoms with Crippen LogP contribution in [0.2, 0.25) is 0 Å². The number of likely N-dealkylation sites (tertiary alicyclic amines) is 1. The highest BCUT2D eigenvalue weighted by Gasteiger charge is 2.18. The molecule has 0 saturated carbocycles. The van der Waals surface area contributed by atoms with E-state index in [1.54, 1.807) is 0 Å². The lowest BCUT2D eigenvalue weighted by Crippen LogP contribution is -2.46. The van der Waals surface area contributed by atoms with Crippen molar-refractivity contribution in [2.24, 2.45) is 10.9 Å². The van der Waals surface area contributed by atoms with Crippen molar-refractivity contribution in [2.75, 3.05) is 26.2 Å². The van der Waals surface area contributed by atoms with E-state index in [0.717, 1.165) is 31.5 Å². The van der Waals surface area contributed by atoms with Crippen LogP contribution in [0.15, 0.2) is 4.99 Å². The molecule has 3 nitrogen and oxygen atoms in total. The summed E-state index contributed by atoms with van der Waals surface area (Å²) >= 11 is 0. The highest BCUT2D eigenvalue weighted by molar-refractivity contribution is 14.0. The fourth-order valence-corrected chi connectivity index (χ4v) is 1.93. The van der Waals surface area contributed by atoms with Crippen LogP contribution in [0.25, 0.3) is 0 Å². The number of hydrogen-bond donors (Lipinski definition) is 1. The molecule has 16 heavy (non-hydrogen) atoms. The van der Waals surface area contributed by atoms with E-state index in [2.05, 4.69) is 35.0 Å². The Morgan fingerprint density at radius 1 is 1.62 bits per heavy atom. The van der Waals surface area contributed by atoms with Gasteiger partial charge in [-0.2, -0.15) is 0 Å². The van der Waals surface area contributed by atoms with E-state index in [9.17, 15) is 0 Å². The Morgan fingerprint density at radius 3 is 2.94 bits per heavy atom. The number of halogens is 1. The van der Waals surface area contributed by atoms with Crippen LogP contribution in [-0.2, 0) is 0 Å². The Balaban J connectivity index is 0.00000225. The molecule has 1 aliphatic rings. The molecule has 0 spiro atoms. The van der Waals surface area contributed by atoms with Crippen molar-refractivity contribution in [3.63, 3.8) is 0 Å². The summed E-state index contributed by atoms with van der Waals surface area (Å²) in [5.74, 6) is 4.28. The van der Waals surface area contributed by atoms with Gasteiger partial charge in [-0.25, -0.2) is 4.99 Å². The molecule has 1 saturated heterocycles. The largest absolute Gasteiger partial charge is 0.356 e. The quantitative estimate of drug-likeness (QED) is 0.361. The zero-order valence-electron chi connectivity index (χ0n) is 10.2. The van der Waals surface area contributed by atoms with Crippen LogP contribution in [0.4, 0.5) is 0 Å². The number of nitrogens with zero attached hydrogens (tertiary/aromatic N) is 2. The van der Waals surface area contributed by atoms with Crippen LogP contribution in [0.3, 0.4) is 0 Å². The zero-order valence-corrected chi connectivity index (χ0v) is 12.5. The summed E-state index contributed by atoms with van der Waals surface area (Å²) in [6.07, 6.45) is 7.80. The van der Waals surface area contributed by atoms with Crippen LogP contribution in [-0.4, -0.2) is 37.0 Å². The lowest BCUT2D eigenvalue weighted by atomic mass is 10.0. The molecule has 0 aromatic rings. The number of hydrogen-bond acceptors (Lipinski definition) is 1. The Labute approximate surface area is 116 Å². The van der Waals surface area contributed by atoms with E-state index < -0.39 is 0 Å². The number of nitrogens with one attached hydrogen (secondary N) is 1. The second-order valence-corrected chi connectivity index (χ2v) is 4.07. The minimum Gasteiger partial charge on any atom is -0.356 e. The third-order valence-corrected chi connectivity index (χ3v) is 2.61. The molecule has 0 aromatic heterocycles. The first-order valence-corrected chi connectivity index (χ1v) is 5.74. The van der Waals surface area contributed by atoms with Gasteiger partial charge in [0, 0.05) is 19.6 Å². The van der Waals surface area contributed by atoms with E-state index in [-0.39, 0.29) is 24.0 Å². The fraction of sp³-hybridized carbons (Fsp3) is 0.750. The van der Waals surface area contributed by atoms with Crippen molar-refractivity contribution < 1.29 is 0 Å². The second-order valence-electron chi connectivity index (χ2n) is 4.07. The van der Waals surface area contributed by atoms with Crippen LogP contribution in [0, 0.1) is 18.3 Å².